The molecule has 1 fully saturated rings. The van der Waals surface area contributed by atoms with Crippen LogP contribution in [0, 0.1) is 5.41 Å². The Morgan fingerprint density at radius 2 is 2.18 bits per heavy atom. The predicted octanol–water partition coefficient (Wildman–Crippen LogP) is 0.283. The molecular weight excluding hydrogens is 220 g/mol. The van der Waals surface area contributed by atoms with Crippen LogP contribution in [-0.4, -0.2) is 45.4 Å². The number of methoxy groups -OCH3 is 1. The second kappa shape index (κ2) is 6.93. The maximum atomic E-state index is 11.7. The summed E-state index contributed by atoms with van der Waals surface area (Å²) in [5.41, 5.74) is 5.89. The minimum atomic E-state index is -0.474. The van der Waals surface area contributed by atoms with E-state index in [4.69, 9.17) is 15.2 Å². The lowest BCUT2D eigenvalue weighted by Gasteiger charge is -2.33. The first-order valence-corrected chi connectivity index (χ1v) is 6.17. The third kappa shape index (κ3) is 5.02. The minimum absolute atomic E-state index is 0.0882. The number of nitrogens with two attached hydrogens (primary N) is 1. The lowest BCUT2D eigenvalue weighted by Crippen LogP contribution is -2.46. The molecule has 0 aliphatic carbocycles. The number of nitrogens with one attached hydrogen (secondary N) is 1. The standard InChI is InChI=1S/C12H24N2O3/c1-12(4-7-17-8-5-12)9-14-11(15)10(13)3-6-16-2/h10H,3-9,13H2,1-2H3,(H,14,15). The Bertz CT molecular complexity index is 240. The number of hydrogen-bond acceptors (Lipinski definition) is 4. The lowest BCUT2D eigenvalue weighted by molar-refractivity contribution is -0.123. The van der Waals surface area contributed by atoms with Gasteiger partial charge in [-0.15, -0.1) is 0 Å². The highest BCUT2D eigenvalue weighted by Crippen LogP contribution is 2.28. The van der Waals surface area contributed by atoms with Gasteiger partial charge < -0.3 is 20.5 Å². The lowest BCUT2D eigenvalue weighted by atomic mass is 9.82. The minimum Gasteiger partial charge on any atom is -0.385 e. The first kappa shape index (κ1) is 14.4. The summed E-state index contributed by atoms with van der Waals surface area (Å²) in [6.45, 7) is 4.93. The van der Waals surface area contributed by atoms with Gasteiger partial charge in [0.2, 0.25) is 5.91 Å². The van der Waals surface area contributed by atoms with Gasteiger partial charge in [-0.1, -0.05) is 6.92 Å². The van der Waals surface area contributed by atoms with Crippen molar-refractivity contribution in [2.75, 3.05) is 33.5 Å². The average Bonchev–Trinajstić information content (AvgIpc) is 2.34. The molecule has 1 amide bonds. The van der Waals surface area contributed by atoms with Crippen LogP contribution < -0.4 is 11.1 Å². The molecule has 1 atom stereocenters. The summed E-state index contributed by atoms with van der Waals surface area (Å²) in [6.07, 6.45) is 2.53. The number of rotatable bonds is 6. The van der Waals surface area contributed by atoms with E-state index in [1.807, 2.05) is 0 Å². The Hall–Kier alpha value is -0.650. The van der Waals surface area contributed by atoms with Crippen LogP contribution >= 0.6 is 0 Å². The van der Waals surface area contributed by atoms with Gasteiger partial charge in [-0.2, -0.15) is 0 Å². The number of amides is 1. The van der Waals surface area contributed by atoms with Gasteiger partial charge in [0.05, 0.1) is 6.04 Å². The highest BCUT2D eigenvalue weighted by Gasteiger charge is 2.28. The summed E-state index contributed by atoms with van der Waals surface area (Å²) in [5.74, 6) is -0.0882. The Labute approximate surface area is 103 Å². The van der Waals surface area contributed by atoms with Gasteiger partial charge in [0.25, 0.3) is 0 Å². The van der Waals surface area contributed by atoms with Gasteiger partial charge in [0.1, 0.15) is 0 Å². The van der Waals surface area contributed by atoms with E-state index in [1.54, 1.807) is 7.11 Å². The Balaban J connectivity index is 2.26. The molecule has 1 saturated heterocycles. The SMILES string of the molecule is COCCC(N)C(=O)NCC1(C)CCOCC1. The summed E-state index contributed by atoms with van der Waals surface area (Å²) >= 11 is 0. The van der Waals surface area contributed by atoms with Crippen molar-refractivity contribution in [3.8, 4) is 0 Å². The van der Waals surface area contributed by atoms with Gasteiger partial charge in [-0.3, -0.25) is 4.79 Å². The third-order valence-corrected chi connectivity index (χ3v) is 3.36. The molecule has 5 heteroatoms. The molecule has 0 aromatic carbocycles. The largest absolute Gasteiger partial charge is 0.385 e. The fourth-order valence-electron chi connectivity index (χ4n) is 1.85. The molecule has 0 spiro atoms. The maximum absolute atomic E-state index is 11.7. The molecule has 17 heavy (non-hydrogen) atoms. The smallest absolute Gasteiger partial charge is 0.237 e. The molecule has 0 aromatic rings. The molecule has 3 N–H and O–H groups in total. The molecule has 1 unspecified atom stereocenters. The summed E-state index contributed by atoms with van der Waals surface area (Å²) < 4.78 is 10.2. The monoisotopic (exact) mass is 244 g/mol. The van der Waals surface area contributed by atoms with E-state index < -0.39 is 6.04 Å². The quantitative estimate of drug-likeness (QED) is 0.704. The first-order chi connectivity index (χ1) is 8.07. The van der Waals surface area contributed by atoms with E-state index in [2.05, 4.69) is 12.2 Å². The van der Waals surface area contributed by atoms with Crippen LogP contribution in [0.3, 0.4) is 0 Å². The van der Waals surface area contributed by atoms with Crippen LogP contribution in [0.2, 0.25) is 0 Å². The highest BCUT2D eigenvalue weighted by atomic mass is 16.5. The molecule has 100 valence electrons. The van der Waals surface area contributed by atoms with Gasteiger partial charge in [0.15, 0.2) is 0 Å². The van der Waals surface area contributed by atoms with E-state index in [0.717, 1.165) is 26.1 Å². The van der Waals surface area contributed by atoms with Crippen molar-refractivity contribution in [2.45, 2.75) is 32.2 Å². The Morgan fingerprint density at radius 3 is 2.76 bits per heavy atom. The molecule has 5 nitrogen and oxygen atoms in total. The van der Waals surface area contributed by atoms with Crippen LogP contribution in [0.15, 0.2) is 0 Å². The van der Waals surface area contributed by atoms with Gasteiger partial charge in [0, 0.05) is 33.5 Å². The fraction of sp³-hybridized carbons (Fsp3) is 0.917. The van der Waals surface area contributed by atoms with Crippen LogP contribution in [0.1, 0.15) is 26.2 Å². The van der Waals surface area contributed by atoms with E-state index in [-0.39, 0.29) is 11.3 Å². The summed E-state index contributed by atoms with van der Waals surface area (Å²) in [4.78, 5) is 11.7. The Kier molecular flexibility index (Phi) is 5.88. The van der Waals surface area contributed by atoms with E-state index in [0.29, 0.717) is 19.6 Å². The molecule has 1 aliphatic rings. The molecule has 0 radical (unpaired) electrons. The molecule has 0 saturated carbocycles. The zero-order chi connectivity index (χ0) is 12.7. The molecule has 0 aromatic heterocycles. The topological polar surface area (TPSA) is 73.6 Å². The highest BCUT2D eigenvalue weighted by molar-refractivity contribution is 5.81. The average molecular weight is 244 g/mol. The predicted molar refractivity (Wildman–Crippen MR) is 65.6 cm³/mol. The third-order valence-electron chi connectivity index (χ3n) is 3.36. The molecule has 1 aliphatic heterocycles. The van der Waals surface area contributed by atoms with Crippen molar-refractivity contribution >= 4 is 5.91 Å². The number of ether oxygens (including phenoxy) is 2. The second-order valence-electron chi connectivity index (χ2n) is 5.03. The van der Waals surface area contributed by atoms with Crippen LogP contribution in [0.5, 0.6) is 0 Å². The van der Waals surface area contributed by atoms with Crippen molar-refractivity contribution in [1.82, 2.24) is 5.32 Å². The van der Waals surface area contributed by atoms with Crippen molar-refractivity contribution < 1.29 is 14.3 Å². The second-order valence-corrected chi connectivity index (χ2v) is 5.03. The molecule has 1 heterocycles. The van der Waals surface area contributed by atoms with Gasteiger partial charge >= 0.3 is 0 Å². The normalized spacial score (nSPS) is 20.9. The fourth-order valence-corrected chi connectivity index (χ4v) is 1.85. The molecular formula is C12H24N2O3. The number of hydrogen-bond donors (Lipinski definition) is 2. The summed E-state index contributed by atoms with van der Waals surface area (Å²) in [6, 6.07) is -0.474. The summed E-state index contributed by atoms with van der Waals surface area (Å²) in [5, 5.41) is 2.93. The van der Waals surface area contributed by atoms with E-state index >= 15 is 0 Å². The van der Waals surface area contributed by atoms with Crippen molar-refractivity contribution in [2.24, 2.45) is 11.1 Å². The van der Waals surface area contributed by atoms with Crippen LogP contribution in [-0.2, 0) is 14.3 Å². The maximum Gasteiger partial charge on any atom is 0.237 e. The first-order valence-electron chi connectivity index (χ1n) is 6.17. The van der Waals surface area contributed by atoms with Crippen LogP contribution in [0.4, 0.5) is 0 Å². The number of carbonyl (C=O) groups excluding carboxylic acids is 1. The van der Waals surface area contributed by atoms with Gasteiger partial charge in [-0.05, 0) is 24.7 Å². The van der Waals surface area contributed by atoms with Crippen molar-refractivity contribution in [1.29, 1.82) is 0 Å². The molecule has 0 bridgehead atoms. The van der Waals surface area contributed by atoms with Crippen molar-refractivity contribution in [3.05, 3.63) is 0 Å². The van der Waals surface area contributed by atoms with Crippen LogP contribution in [0.25, 0.3) is 0 Å². The molecule has 1 rings (SSSR count). The summed E-state index contributed by atoms with van der Waals surface area (Å²) in [7, 11) is 1.60. The zero-order valence-corrected chi connectivity index (χ0v) is 10.8. The van der Waals surface area contributed by atoms with E-state index in [9.17, 15) is 4.79 Å². The van der Waals surface area contributed by atoms with E-state index in [1.165, 1.54) is 0 Å². The zero-order valence-electron chi connectivity index (χ0n) is 10.8. The van der Waals surface area contributed by atoms with Crippen molar-refractivity contribution in [3.63, 3.8) is 0 Å². The van der Waals surface area contributed by atoms with Gasteiger partial charge in [-0.25, -0.2) is 0 Å². The number of carbonyl (C=O) groups is 1. The Morgan fingerprint density at radius 1 is 1.53 bits per heavy atom.